The van der Waals surface area contributed by atoms with Crippen LogP contribution in [0.4, 0.5) is 5.69 Å². The highest BCUT2D eigenvalue weighted by Gasteiger charge is 2.45. The summed E-state index contributed by atoms with van der Waals surface area (Å²) in [5.74, 6) is 1.82. The smallest absolute Gasteiger partial charge is 0.210 e. The van der Waals surface area contributed by atoms with Crippen LogP contribution in [0.5, 0.6) is 0 Å². The number of fused-ring (bicyclic) bond motifs is 6. The van der Waals surface area contributed by atoms with Crippen molar-refractivity contribution in [3.05, 3.63) is 125 Å². The van der Waals surface area contributed by atoms with E-state index in [4.69, 9.17) is 0 Å². The Labute approximate surface area is 284 Å². The molecule has 6 rings (SSSR count). The molecule has 0 radical (unpaired) electrons. The van der Waals surface area contributed by atoms with Crippen LogP contribution in [-0.4, -0.2) is 32.9 Å². The van der Waals surface area contributed by atoms with E-state index in [0.717, 1.165) is 55.5 Å². The summed E-state index contributed by atoms with van der Waals surface area (Å²) in [6.07, 6.45) is 19.6. The Morgan fingerprint density at radius 2 is 1.39 bits per heavy atom. The number of aryl methyl sites for hydroxylation is 1. The highest BCUT2D eigenvalue weighted by Crippen LogP contribution is 2.44. The summed E-state index contributed by atoms with van der Waals surface area (Å²) in [4.78, 5) is 0. The zero-order valence-electron chi connectivity index (χ0n) is 27.1. The molecule has 46 heavy (non-hydrogen) atoms. The molecule has 5 aromatic rings. The van der Waals surface area contributed by atoms with Gasteiger partial charge in [-0.15, -0.1) is 0 Å². The van der Waals surface area contributed by atoms with Gasteiger partial charge in [-0.2, -0.15) is 29.8 Å². The standard InChI is InChI=1S/C42H44N2S2/c1-31-36(43(27-13-15-29-45)37-25-23-32-17-9-11-19-34(32)40(31)37)21-7-5-4-6-8-22-39-42(2,3)41-35-20-12-10-18-33(35)24-26-38(41)44(39)28-14-16-30-46/h4-12,17-26H,1,13-16,27-30H2,2-3H3,(H-,45,46)/p+1. The van der Waals surface area contributed by atoms with Crippen molar-refractivity contribution in [2.24, 2.45) is 0 Å². The third-order valence-corrected chi connectivity index (χ3v) is 10.0. The predicted octanol–water partition coefficient (Wildman–Crippen LogP) is 9.30. The maximum absolute atomic E-state index is 4.56. The van der Waals surface area contributed by atoms with Crippen LogP contribution in [0.1, 0.15) is 45.1 Å². The molecule has 0 N–H and O–H groups in total. The summed E-state index contributed by atoms with van der Waals surface area (Å²) in [5, 5.41) is 8.70. The van der Waals surface area contributed by atoms with Gasteiger partial charge in [-0.1, -0.05) is 91.6 Å². The van der Waals surface area contributed by atoms with Gasteiger partial charge in [-0.25, -0.2) is 0 Å². The first-order chi connectivity index (χ1) is 22.5. The molecule has 0 atom stereocenters. The van der Waals surface area contributed by atoms with E-state index in [1.54, 1.807) is 0 Å². The van der Waals surface area contributed by atoms with Crippen LogP contribution in [-0.2, 0) is 12.0 Å². The lowest BCUT2D eigenvalue weighted by Crippen LogP contribution is -2.28. The number of aromatic nitrogens is 1. The molecule has 0 saturated carbocycles. The lowest BCUT2D eigenvalue weighted by atomic mass is 9.79. The van der Waals surface area contributed by atoms with Gasteiger partial charge < -0.3 is 4.57 Å². The Balaban J connectivity index is 1.29. The lowest BCUT2D eigenvalue weighted by Gasteiger charge is -2.17. The summed E-state index contributed by atoms with van der Waals surface area (Å²) in [6, 6.07) is 26.5. The van der Waals surface area contributed by atoms with Gasteiger partial charge in [0.2, 0.25) is 5.69 Å². The molecular weight excluding hydrogens is 597 g/mol. The van der Waals surface area contributed by atoms with Crippen molar-refractivity contribution < 1.29 is 4.58 Å². The quantitative estimate of drug-likeness (QED) is 0.0581. The van der Waals surface area contributed by atoms with Gasteiger partial charge in [0.1, 0.15) is 6.54 Å². The summed E-state index contributed by atoms with van der Waals surface area (Å²) in [6.45, 7) is 11.2. The van der Waals surface area contributed by atoms with Crippen molar-refractivity contribution in [2.75, 3.05) is 18.1 Å². The van der Waals surface area contributed by atoms with Gasteiger partial charge >= 0.3 is 0 Å². The first-order valence-corrected chi connectivity index (χ1v) is 17.8. The van der Waals surface area contributed by atoms with Crippen molar-refractivity contribution in [3.63, 3.8) is 0 Å². The van der Waals surface area contributed by atoms with Crippen LogP contribution in [0.2, 0.25) is 0 Å². The fourth-order valence-corrected chi connectivity index (χ4v) is 7.63. The molecule has 4 aromatic carbocycles. The van der Waals surface area contributed by atoms with E-state index in [1.165, 1.54) is 54.8 Å². The predicted molar refractivity (Wildman–Crippen MR) is 209 cm³/mol. The maximum Gasteiger partial charge on any atom is 0.210 e. The summed E-state index contributed by atoms with van der Waals surface area (Å²) < 4.78 is 4.97. The fraction of sp³-hybridized carbons (Fsp3) is 0.262. The second-order valence-corrected chi connectivity index (χ2v) is 13.6. The average molecular weight is 642 g/mol. The molecule has 0 spiro atoms. The molecular formula is C42H45N2S2+. The molecule has 0 unspecified atom stereocenters. The van der Waals surface area contributed by atoms with Gasteiger partial charge in [0.25, 0.3) is 0 Å². The Kier molecular flexibility index (Phi) is 10.1. The number of unbranched alkanes of at least 4 members (excludes halogenated alkanes) is 2. The molecule has 1 aliphatic rings. The molecule has 0 saturated heterocycles. The molecule has 1 aliphatic heterocycles. The second kappa shape index (κ2) is 14.4. The fourth-order valence-electron chi connectivity index (χ4n) is 7.18. The minimum absolute atomic E-state index is 0.0970. The van der Waals surface area contributed by atoms with Crippen LogP contribution < -0.4 is 10.6 Å². The van der Waals surface area contributed by atoms with E-state index >= 15 is 0 Å². The second-order valence-electron chi connectivity index (χ2n) is 12.7. The molecule has 0 aliphatic carbocycles. The number of hydrogen-bond acceptors (Lipinski definition) is 2. The Hall–Kier alpha value is -3.73. The molecule has 0 bridgehead atoms. The molecule has 0 fully saturated rings. The SMILES string of the molecule is C=c1\c(=C/C=C/C=C/C=C/C2=[N+](CCCCS)c3ccc4ccccc4c3C2(C)C)n(CCCCS)c2ccc3ccccc3c12. The third-order valence-electron chi connectivity index (χ3n) is 9.39. The lowest BCUT2D eigenvalue weighted by molar-refractivity contribution is -0.438. The number of rotatable bonds is 12. The molecule has 2 nitrogen and oxygen atoms in total. The van der Waals surface area contributed by atoms with Crippen molar-refractivity contribution in [1.82, 2.24) is 4.57 Å². The summed E-state index contributed by atoms with van der Waals surface area (Å²) >= 11 is 8.92. The van der Waals surface area contributed by atoms with E-state index < -0.39 is 0 Å². The topological polar surface area (TPSA) is 7.94 Å². The van der Waals surface area contributed by atoms with Crippen LogP contribution in [0.3, 0.4) is 0 Å². The summed E-state index contributed by atoms with van der Waals surface area (Å²) in [7, 11) is 0. The number of hydrogen-bond donors (Lipinski definition) is 2. The zero-order valence-corrected chi connectivity index (χ0v) is 28.9. The van der Waals surface area contributed by atoms with Crippen LogP contribution in [0, 0.1) is 0 Å². The van der Waals surface area contributed by atoms with Gasteiger partial charge in [0.05, 0.1) is 5.41 Å². The van der Waals surface area contributed by atoms with Gasteiger partial charge in [0, 0.05) is 52.1 Å². The summed E-state index contributed by atoms with van der Waals surface area (Å²) in [5.41, 5.74) is 5.27. The van der Waals surface area contributed by atoms with Crippen LogP contribution in [0.25, 0.3) is 45.1 Å². The zero-order chi connectivity index (χ0) is 32.1. The Morgan fingerprint density at radius 3 is 2.17 bits per heavy atom. The normalized spacial score (nSPS) is 15.3. The van der Waals surface area contributed by atoms with E-state index in [-0.39, 0.29) is 5.41 Å². The van der Waals surface area contributed by atoms with Crippen molar-refractivity contribution >= 4 is 81.8 Å². The molecule has 234 valence electrons. The van der Waals surface area contributed by atoms with Crippen molar-refractivity contribution in [3.8, 4) is 0 Å². The molecule has 1 aromatic heterocycles. The van der Waals surface area contributed by atoms with E-state index in [2.05, 4.69) is 170 Å². The van der Waals surface area contributed by atoms with E-state index in [1.807, 2.05) is 0 Å². The monoisotopic (exact) mass is 641 g/mol. The number of allylic oxidation sites excluding steroid dienone is 6. The van der Waals surface area contributed by atoms with E-state index in [9.17, 15) is 0 Å². The first kappa shape index (κ1) is 32.2. The van der Waals surface area contributed by atoms with E-state index in [0.29, 0.717) is 0 Å². The minimum atomic E-state index is -0.0970. The largest absolute Gasteiger partial charge is 0.340 e. The number of nitrogens with zero attached hydrogens (tertiary/aromatic N) is 2. The van der Waals surface area contributed by atoms with Crippen molar-refractivity contribution in [1.29, 1.82) is 0 Å². The highest BCUT2D eigenvalue weighted by molar-refractivity contribution is 7.80. The maximum atomic E-state index is 4.56. The molecule has 4 heteroatoms. The Bertz CT molecular complexity index is 2120. The van der Waals surface area contributed by atoms with Gasteiger partial charge in [-0.05, 0) is 84.4 Å². The average Bonchev–Trinajstić information content (AvgIpc) is 3.46. The van der Waals surface area contributed by atoms with Crippen LogP contribution >= 0.6 is 25.3 Å². The van der Waals surface area contributed by atoms with Crippen LogP contribution in [0.15, 0.2) is 109 Å². The van der Waals surface area contributed by atoms with Gasteiger partial charge in [0.15, 0.2) is 5.71 Å². The van der Waals surface area contributed by atoms with Gasteiger partial charge in [-0.3, -0.25) is 0 Å². The molecule has 0 amide bonds. The van der Waals surface area contributed by atoms with Crippen molar-refractivity contribution in [2.45, 2.75) is 51.5 Å². The number of benzene rings is 4. The third kappa shape index (κ3) is 6.18. The molecule has 2 heterocycles. The highest BCUT2D eigenvalue weighted by atomic mass is 32.1. The Morgan fingerprint density at radius 1 is 0.739 bits per heavy atom. The first-order valence-electron chi connectivity index (χ1n) is 16.6. The minimum Gasteiger partial charge on any atom is -0.340 e. The number of thiol groups is 2.